The van der Waals surface area contributed by atoms with Gasteiger partial charge in [0.15, 0.2) is 0 Å². The van der Waals surface area contributed by atoms with Crippen LogP contribution in [-0.4, -0.2) is 9.32 Å². The van der Waals surface area contributed by atoms with Crippen molar-refractivity contribution in [1.29, 1.82) is 5.26 Å². The van der Waals surface area contributed by atoms with Gasteiger partial charge in [-0.1, -0.05) is 6.07 Å². The van der Waals surface area contributed by atoms with Gasteiger partial charge < -0.3 is 4.40 Å². The van der Waals surface area contributed by atoms with E-state index in [9.17, 15) is 10.1 Å². The van der Waals surface area contributed by atoms with Crippen LogP contribution >= 0.6 is 22.6 Å². The van der Waals surface area contributed by atoms with Crippen LogP contribution in [0.4, 0.5) is 5.69 Å². The Morgan fingerprint density at radius 2 is 2.27 bits per heavy atom. The quantitative estimate of drug-likeness (QED) is 0.461. The summed E-state index contributed by atoms with van der Waals surface area (Å²) in [7, 11) is 0. The van der Waals surface area contributed by atoms with Crippen molar-refractivity contribution in [3.63, 3.8) is 0 Å². The van der Waals surface area contributed by atoms with Crippen molar-refractivity contribution in [3.8, 4) is 6.07 Å². The zero-order valence-electron chi connectivity index (χ0n) is 7.35. The first-order valence-electron chi connectivity index (χ1n) is 4.00. The minimum absolute atomic E-state index is 0.00671. The molecule has 2 aromatic rings. The summed E-state index contributed by atoms with van der Waals surface area (Å²) in [6.07, 6.45) is 1.64. The molecule has 15 heavy (non-hydrogen) atoms. The highest BCUT2D eigenvalue weighted by atomic mass is 127. The van der Waals surface area contributed by atoms with Gasteiger partial charge in [-0.15, -0.1) is 0 Å². The van der Waals surface area contributed by atoms with Gasteiger partial charge in [0, 0.05) is 6.20 Å². The fourth-order valence-corrected chi connectivity index (χ4v) is 2.29. The summed E-state index contributed by atoms with van der Waals surface area (Å²) < 4.78 is 1.91. The van der Waals surface area contributed by atoms with Crippen LogP contribution in [0.3, 0.4) is 0 Å². The lowest BCUT2D eigenvalue weighted by molar-refractivity contribution is -0.383. The van der Waals surface area contributed by atoms with E-state index >= 15 is 0 Å². The van der Waals surface area contributed by atoms with Crippen LogP contribution in [-0.2, 0) is 0 Å². The van der Waals surface area contributed by atoms with Gasteiger partial charge in [0.05, 0.1) is 4.92 Å². The molecular formula is C9H4IN3O2. The number of nitriles is 1. The van der Waals surface area contributed by atoms with Crippen molar-refractivity contribution in [2.24, 2.45) is 0 Å². The molecule has 74 valence electrons. The molecule has 0 amide bonds. The van der Waals surface area contributed by atoms with Crippen LogP contribution in [0.2, 0.25) is 0 Å². The van der Waals surface area contributed by atoms with E-state index in [1.54, 1.807) is 24.4 Å². The molecule has 0 aliphatic carbocycles. The maximum absolute atomic E-state index is 10.8. The summed E-state index contributed by atoms with van der Waals surface area (Å²) in [4.78, 5) is 10.4. The zero-order chi connectivity index (χ0) is 11.0. The van der Waals surface area contributed by atoms with Crippen molar-refractivity contribution >= 4 is 33.8 Å². The summed E-state index contributed by atoms with van der Waals surface area (Å²) in [5, 5.41) is 19.8. The molecule has 0 N–H and O–H groups in total. The van der Waals surface area contributed by atoms with Crippen LogP contribution < -0.4 is 0 Å². The Bertz CT molecular complexity index is 597. The number of nitro groups is 1. The maximum atomic E-state index is 10.8. The van der Waals surface area contributed by atoms with Crippen molar-refractivity contribution in [3.05, 3.63) is 43.8 Å². The predicted octanol–water partition coefficient (Wildman–Crippen LogP) is 2.32. The highest BCUT2D eigenvalue weighted by Gasteiger charge is 2.24. The molecule has 0 aromatic carbocycles. The largest absolute Gasteiger partial charge is 0.309 e. The number of rotatable bonds is 1. The summed E-state index contributed by atoms with van der Waals surface area (Å²) in [6, 6.07) is 7.03. The standard InChI is InChI=1S/C9H4IN3O2/c10-8-7(5-11)12-4-2-1-3-6(12)9(8)13(14)15/h1-4H. The second-order valence-corrected chi connectivity index (χ2v) is 3.91. The Labute approximate surface area is 98.2 Å². The number of pyridine rings is 1. The van der Waals surface area contributed by atoms with E-state index in [0.717, 1.165) is 0 Å². The molecule has 6 heteroatoms. The van der Waals surface area contributed by atoms with Gasteiger partial charge in [-0.2, -0.15) is 5.26 Å². The Hall–Kier alpha value is -1.62. The smallest absolute Gasteiger partial charge is 0.301 e. The number of fused-ring (bicyclic) bond motifs is 1. The monoisotopic (exact) mass is 313 g/mol. The molecule has 0 saturated heterocycles. The van der Waals surface area contributed by atoms with Crippen LogP contribution in [0.15, 0.2) is 24.4 Å². The van der Waals surface area contributed by atoms with Gasteiger partial charge in [-0.25, -0.2) is 0 Å². The maximum Gasteiger partial charge on any atom is 0.309 e. The highest BCUT2D eigenvalue weighted by Crippen LogP contribution is 2.31. The van der Waals surface area contributed by atoms with Gasteiger partial charge in [-0.3, -0.25) is 10.1 Å². The van der Waals surface area contributed by atoms with E-state index in [-0.39, 0.29) is 5.69 Å². The summed E-state index contributed by atoms with van der Waals surface area (Å²) in [5.74, 6) is 0. The third kappa shape index (κ3) is 1.35. The number of halogens is 1. The molecule has 0 atom stereocenters. The first-order valence-corrected chi connectivity index (χ1v) is 5.07. The normalized spacial score (nSPS) is 10.1. The van der Waals surface area contributed by atoms with Crippen molar-refractivity contribution in [2.45, 2.75) is 0 Å². The lowest BCUT2D eigenvalue weighted by Gasteiger charge is -1.92. The van der Waals surface area contributed by atoms with Gasteiger partial charge in [0.2, 0.25) is 0 Å². The number of nitrogens with zero attached hydrogens (tertiary/aromatic N) is 3. The van der Waals surface area contributed by atoms with E-state index in [1.165, 1.54) is 4.40 Å². The van der Waals surface area contributed by atoms with Crippen molar-refractivity contribution < 1.29 is 4.92 Å². The summed E-state index contributed by atoms with van der Waals surface area (Å²) in [6.45, 7) is 0. The molecule has 2 heterocycles. The Kier molecular flexibility index (Phi) is 2.32. The number of hydrogen-bond donors (Lipinski definition) is 0. The molecule has 2 rings (SSSR count). The van der Waals surface area contributed by atoms with E-state index in [4.69, 9.17) is 5.26 Å². The predicted molar refractivity (Wildman–Crippen MR) is 61.5 cm³/mol. The first-order chi connectivity index (χ1) is 7.16. The average molecular weight is 313 g/mol. The molecule has 0 saturated carbocycles. The molecule has 5 nitrogen and oxygen atoms in total. The van der Waals surface area contributed by atoms with Crippen molar-refractivity contribution in [2.75, 3.05) is 0 Å². The van der Waals surface area contributed by atoms with Crippen LogP contribution in [0.5, 0.6) is 0 Å². The minimum atomic E-state index is -0.460. The molecule has 0 bridgehead atoms. The van der Waals surface area contributed by atoms with Gasteiger partial charge >= 0.3 is 5.69 Å². The van der Waals surface area contributed by atoms with Crippen LogP contribution in [0.1, 0.15) is 5.69 Å². The molecule has 0 fully saturated rings. The van der Waals surface area contributed by atoms with Gasteiger partial charge in [0.25, 0.3) is 0 Å². The SMILES string of the molecule is N#Cc1c(I)c([N+](=O)[O-])c2ccccn12. The van der Waals surface area contributed by atoms with Gasteiger partial charge in [0.1, 0.15) is 20.9 Å². The van der Waals surface area contributed by atoms with E-state index in [1.807, 2.05) is 28.7 Å². The third-order valence-electron chi connectivity index (χ3n) is 2.05. The van der Waals surface area contributed by atoms with Crippen LogP contribution in [0, 0.1) is 25.0 Å². The minimum Gasteiger partial charge on any atom is -0.301 e. The molecule has 0 radical (unpaired) electrons. The average Bonchev–Trinajstić information content (AvgIpc) is 2.49. The van der Waals surface area contributed by atoms with E-state index in [2.05, 4.69) is 0 Å². The van der Waals surface area contributed by atoms with E-state index < -0.39 is 4.92 Å². The molecule has 2 aromatic heterocycles. The molecule has 0 unspecified atom stereocenters. The van der Waals surface area contributed by atoms with E-state index in [0.29, 0.717) is 14.8 Å². The molecular weight excluding hydrogens is 309 g/mol. The molecule has 0 aliphatic rings. The summed E-state index contributed by atoms with van der Waals surface area (Å²) in [5.41, 5.74) is 0.745. The topological polar surface area (TPSA) is 71.3 Å². The summed E-state index contributed by atoms with van der Waals surface area (Å²) >= 11 is 1.82. The second-order valence-electron chi connectivity index (χ2n) is 2.84. The second kappa shape index (κ2) is 3.51. The Morgan fingerprint density at radius 1 is 1.53 bits per heavy atom. The first kappa shape index (κ1) is 9.92. The third-order valence-corrected chi connectivity index (χ3v) is 3.07. The fraction of sp³-hybridized carbons (Fsp3) is 0. The van der Waals surface area contributed by atoms with Crippen LogP contribution in [0.25, 0.3) is 5.52 Å². The lowest BCUT2D eigenvalue weighted by Crippen LogP contribution is -1.88. The molecule has 0 aliphatic heterocycles. The Balaban J connectivity index is 2.99. The van der Waals surface area contributed by atoms with Gasteiger partial charge in [-0.05, 0) is 34.7 Å². The molecule has 0 spiro atoms. The Morgan fingerprint density at radius 3 is 2.87 bits per heavy atom. The highest BCUT2D eigenvalue weighted by molar-refractivity contribution is 14.1. The van der Waals surface area contributed by atoms with Crippen molar-refractivity contribution in [1.82, 2.24) is 4.40 Å². The lowest BCUT2D eigenvalue weighted by atomic mass is 10.4. The fourth-order valence-electron chi connectivity index (χ4n) is 1.44. The number of hydrogen-bond acceptors (Lipinski definition) is 3. The zero-order valence-corrected chi connectivity index (χ0v) is 9.50. The number of aromatic nitrogens is 1.